The number of para-hydroxylation sites is 1. The van der Waals surface area contributed by atoms with Crippen molar-refractivity contribution in [1.29, 1.82) is 0 Å². The van der Waals surface area contributed by atoms with Crippen molar-refractivity contribution >= 4 is 11.8 Å². The number of fused-ring (bicyclic) bond motifs is 1. The molecule has 5 heteroatoms. The second-order valence-corrected chi connectivity index (χ2v) is 7.73. The van der Waals surface area contributed by atoms with Crippen LogP contribution in [0, 0.1) is 6.92 Å². The van der Waals surface area contributed by atoms with E-state index in [-0.39, 0.29) is 0 Å². The normalized spacial score (nSPS) is 16.0. The first-order valence-electron chi connectivity index (χ1n) is 10.2. The fourth-order valence-electron chi connectivity index (χ4n) is 4.39. The Morgan fingerprint density at radius 1 is 0.897 bits per heavy atom. The highest BCUT2D eigenvalue weighted by atomic mass is 16.5. The molecular weight excluding hydrogens is 360 g/mol. The predicted octanol–water partition coefficient (Wildman–Crippen LogP) is 4.04. The molecule has 5 nitrogen and oxygen atoms in total. The first kappa shape index (κ1) is 17.9. The molecule has 0 spiro atoms. The molecule has 1 fully saturated rings. The molecule has 0 aliphatic carbocycles. The summed E-state index contributed by atoms with van der Waals surface area (Å²) in [4.78, 5) is 5.01. The number of hydrogen-bond acceptors (Lipinski definition) is 4. The van der Waals surface area contributed by atoms with E-state index in [4.69, 9.17) is 4.74 Å². The van der Waals surface area contributed by atoms with Crippen LogP contribution in [-0.4, -0.2) is 48.0 Å². The van der Waals surface area contributed by atoms with E-state index in [1.807, 2.05) is 6.07 Å². The van der Waals surface area contributed by atoms with Gasteiger partial charge in [0.2, 0.25) is 0 Å². The Hall–Kier alpha value is -3.21. The molecule has 0 unspecified atom stereocenters. The summed E-state index contributed by atoms with van der Waals surface area (Å²) in [6, 6.07) is 19.2. The van der Waals surface area contributed by atoms with Gasteiger partial charge in [-0.3, -0.25) is 4.68 Å². The third-order valence-electron chi connectivity index (χ3n) is 5.87. The molecule has 2 aromatic carbocycles. The number of aromatic nitrogens is 2. The van der Waals surface area contributed by atoms with E-state index in [1.54, 1.807) is 7.11 Å². The number of benzene rings is 2. The van der Waals surface area contributed by atoms with Gasteiger partial charge in [-0.05, 0) is 42.8 Å². The van der Waals surface area contributed by atoms with Gasteiger partial charge in [0.05, 0.1) is 25.0 Å². The molecule has 0 atom stereocenters. The van der Waals surface area contributed by atoms with E-state index in [9.17, 15) is 0 Å². The zero-order valence-electron chi connectivity index (χ0n) is 17.0. The number of allylic oxidation sites excluding steroid dienone is 1. The lowest BCUT2D eigenvalue weighted by molar-refractivity contribution is 0.309. The van der Waals surface area contributed by atoms with Crippen molar-refractivity contribution < 1.29 is 4.74 Å². The molecule has 0 radical (unpaired) electrons. The summed E-state index contributed by atoms with van der Waals surface area (Å²) >= 11 is 0. The number of nitrogens with zero attached hydrogens (tertiary/aromatic N) is 4. The summed E-state index contributed by atoms with van der Waals surface area (Å²) in [7, 11) is 1.72. The maximum Gasteiger partial charge on any atom is 0.119 e. The van der Waals surface area contributed by atoms with Crippen LogP contribution in [-0.2, 0) is 6.54 Å². The van der Waals surface area contributed by atoms with Gasteiger partial charge in [0.25, 0.3) is 0 Å². The van der Waals surface area contributed by atoms with Crippen LogP contribution in [0.5, 0.6) is 5.75 Å². The average Bonchev–Trinajstić information content (AvgIpc) is 3.31. The van der Waals surface area contributed by atoms with Gasteiger partial charge in [0.15, 0.2) is 0 Å². The molecule has 0 saturated carbocycles. The predicted molar refractivity (Wildman–Crippen MR) is 117 cm³/mol. The topological polar surface area (TPSA) is 33.5 Å². The van der Waals surface area contributed by atoms with Gasteiger partial charge in [-0.1, -0.05) is 30.3 Å². The summed E-state index contributed by atoms with van der Waals surface area (Å²) in [5.41, 5.74) is 7.45. The number of rotatable bonds is 4. The summed E-state index contributed by atoms with van der Waals surface area (Å²) in [5, 5.41) is 4.58. The Labute approximate surface area is 171 Å². The minimum Gasteiger partial charge on any atom is -0.497 e. The highest BCUT2D eigenvalue weighted by molar-refractivity contribution is 5.79. The maximum atomic E-state index is 5.43. The van der Waals surface area contributed by atoms with Crippen LogP contribution in [0.1, 0.15) is 11.4 Å². The number of hydrogen-bond donors (Lipinski definition) is 0. The van der Waals surface area contributed by atoms with E-state index in [2.05, 4.69) is 81.1 Å². The Kier molecular flexibility index (Phi) is 4.51. The number of ether oxygens (including phenoxy) is 1. The van der Waals surface area contributed by atoms with Gasteiger partial charge in [0.1, 0.15) is 5.75 Å². The molecule has 0 amide bonds. The van der Waals surface area contributed by atoms with Crippen LogP contribution >= 0.6 is 0 Å². The van der Waals surface area contributed by atoms with E-state index in [1.165, 1.54) is 28.2 Å². The summed E-state index contributed by atoms with van der Waals surface area (Å²) in [6.45, 7) is 7.03. The number of methoxy groups -OCH3 is 1. The molecule has 29 heavy (non-hydrogen) atoms. The fraction of sp³-hybridized carbons (Fsp3) is 0.292. The molecule has 3 heterocycles. The minimum absolute atomic E-state index is 0.892. The second kappa shape index (κ2) is 7.32. The lowest BCUT2D eigenvalue weighted by Crippen LogP contribution is -2.46. The Bertz CT molecular complexity index is 1060. The van der Waals surface area contributed by atoms with Crippen molar-refractivity contribution in [3.05, 3.63) is 71.7 Å². The zero-order valence-corrected chi connectivity index (χ0v) is 17.0. The molecule has 1 aromatic heterocycles. The standard InChI is InChI=1S/C24H26N4O/c1-18-14-20-16-21(17-28(20)25-18)26-10-12-27(13-11-26)24-9-4-3-8-23(24)19-6-5-7-22(15-19)29-2/h3-9,14-16H,10-13,17H2,1-2H3. The van der Waals surface area contributed by atoms with Crippen LogP contribution in [0.2, 0.25) is 0 Å². The van der Waals surface area contributed by atoms with Crippen molar-refractivity contribution in [2.24, 2.45) is 0 Å². The maximum absolute atomic E-state index is 5.43. The van der Waals surface area contributed by atoms with E-state index in [0.717, 1.165) is 44.2 Å². The van der Waals surface area contributed by atoms with Crippen molar-refractivity contribution in [3.8, 4) is 16.9 Å². The molecule has 148 valence electrons. The Morgan fingerprint density at radius 2 is 1.69 bits per heavy atom. The number of piperazine rings is 1. The van der Waals surface area contributed by atoms with Gasteiger partial charge in [-0.15, -0.1) is 0 Å². The monoisotopic (exact) mass is 386 g/mol. The number of anilines is 1. The minimum atomic E-state index is 0.892. The van der Waals surface area contributed by atoms with Crippen LogP contribution in [0.4, 0.5) is 5.69 Å². The quantitative estimate of drug-likeness (QED) is 0.678. The van der Waals surface area contributed by atoms with Gasteiger partial charge in [-0.2, -0.15) is 5.10 Å². The van der Waals surface area contributed by atoms with E-state index < -0.39 is 0 Å². The van der Waals surface area contributed by atoms with Crippen LogP contribution in [0.25, 0.3) is 17.2 Å². The largest absolute Gasteiger partial charge is 0.497 e. The van der Waals surface area contributed by atoms with E-state index >= 15 is 0 Å². The van der Waals surface area contributed by atoms with Crippen LogP contribution in [0.15, 0.2) is 60.3 Å². The van der Waals surface area contributed by atoms with Crippen molar-refractivity contribution in [2.45, 2.75) is 13.5 Å². The molecular formula is C24H26N4O. The van der Waals surface area contributed by atoms with E-state index in [0.29, 0.717) is 0 Å². The fourth-order valence-corrected chi connectivity index (χ4v) is 4.39. The van der Waals surface area contributed by atoms with Crippen molar-refractivity contribution in [1.82, 2.24) is 14.7 Å². The summed E-state index contributed by atoms with van der Waals surface area (Å²) in [6.07, 6.45) is 2.29. The Balaban J connectivity index is 1.33. The van der Waals surface area contributed by atoms with Crippen molar-refractivity contribution in [2.75, 3.05) is 38.2 Å². The molecule has 3 aromatic rings. The average molecular weight is 386 g/mol. The van der Waals surface area contributed by atoms with Gasteiger partial charge >= 0.3 is 0 Å². The molecule has 1 saturated heterocycles. The smallest absolute Gasteiger partial charge is 0.119 e. The lowest BCUT2D eigenvalue weighted by atomic mass is 10.0. The van der Waals surface area contributed by atoms with Gasteiger partial charge < -0.3 is 14.5 Å². The second-order valence-electron chi connectivity index (χ2n) is 7.73. The summed E-state index contributed by atoms with van der Waals surface area (Å²) < 4.78 is 7.53. The number of aryl methyl sites for hydroxylation is 1. The first-order chi connectivity index (χ1) is 14.2. The molecule has 2 aliphatic heterocycles. The highest BCUT2D eigenvalue weighted by Gasteiger charge is 2.24. The Morgan fingerprint density at radius 3 is 2.48 bits per heavy atom. The first-order valence-corrected chi connectivity index (χ1v) is 10.2. The van der Waals surface area contributed by atoms with Crippen LogP contribution in [0.3, 0.4) is 0 Å². The summed E-state index contributed by atoms with van der Waals surface area (Å²) in [5.74, 6) is 0.892. The SMILES string of the molecule is COc1cccc(-c2ccccc2N2CCN(C3=Cc4cc(C)nn4C3)CC2)c1. The van der Waals surface area contributed by atoms with Gasteiger partial charge in [0, 0.05) is 43.1 Å². The third-order valence-corrected chi connectivity index (χ3v) is 5.87. The molecule has 2 aliphatic rings. The molecule has 5 rings (SSSR count). The lowest BCUT2D eigenvalue weighted by Gasteiger charge is -2.38. The third kappa shape index (κ3) is 3.37. The zero-order chi connectivity index (χ0) is 19.8. The van der Waals surface area contributed by atoms with Crippen LogP contribution < -0.4 is 9.64 Å². The van der Waals surface area contributed by atoms with Gasteiger partial charge in [-0.25, -0.2) is 0 Å². The van der Waals surface area contributed by atoms with Crippen molar-refractivity contribution in [3.63, 3.8) is 0 Å². The molecule has 0 N–H and O–H groups in total. The highest BCUT2D eigenvalue weighted by Crippen LogP contribution is 2.33. The molecule has 0 bridgehead atoms.